The Bertz CT molecular complexity index is 664. The van der Waals surface area contributed by atoms with Crippen LogP contribution in [0.25, 0.3) is 0 Å². The van der Waals surface area contributed by atoms with E-state index in [1.807, 2.05) is 30.7 Å². The van der Waals surface area contributed by atoms with E-state index >= 15 is 0 Å². The lowest BCUT2D eigenvalue weighted by atomic mass is 10.2. The van der Waals surface area contributed by atoms with E-state index < -0.39 is 0 Å². The Morgan fingerprint density at radius 1 is 1.62 bits per heavy atom. The SMILES string of the molecule is Cc1cc(C(=O)NC(C)Cn2ccnc2)sc1C#CCN. The van der Waals surface area contributed by atoms with Crippen LogP contribution in [0.3, 0.4) is 0 Å². The summed E-state index contributed by atoms with van der Waals surface area (Å²) < 4.78 is 1.93. The van der Waals surface area contributed by atoms with Crippen molar-refractivity contribution in [3.63, 3.8) is 0 Å². The molecule has 1 amide bonds. The molecule has 0 aromatic carbocycles. The lowest BCUT2D eigenvalue weighted by Gasteiger charge is -2.13. The van der Waals surface area contributed by atoms with Crippen LogP contribution in [-0.2, 0) is 6.54 Å². The monoisotopic (exact) mass is 302 g/mol. The van der Waals surface area contributed by atoms with Crippen molar-refractivity contribution < 1.29 is 4.79 Å². The zero-order valence-electron chi connectivity index (χ0n) is 12.1. The molecule has 0 fully saturated rings. The van der Waals surface area contributed by atoms with Gasteiger partial charge in [-0.1, -0.05) is 11.8 Å². The predicted molar refractivity (Wildman–Crippen MR) is 84.1 cm³/mol. The fourth-order valence-electron chi connectivity index (χ4n) is 1.90. The second kappa shape index (κ2) is 7.07. The number of rotatable bonds is 4. The first-order valence-corrected chi connectivity index (χ1v) is 7.47. The molecule has 2 rings (SSSR count). The number of carbonyl (C=O) groups is 1. The van der Waals surface area contributed by atoms with E-state index in [4.69, 9.17) is 5.73 Å². The van der Waals surface area contributed by atoms with Gasteiger partial charge in [-0.25, -0.2) is 4.98 Å². The fraction of sp³-hybridized carbons (Fsp3) is 0.333. The number of aromatic nitrogens is 2. The Morgan fingerprint density at radius 2 is 2.43 bits per heavy atom. The van der Waals surface area contributed by atoms with Gasteiger partial charge in [-0.05, 0) is 25.5 Å². The van der Waals surface area contributed by atoms with Crippen LogP contribution in [0.2, 0.25) is 0 Å². The van der Waals surface area contributed by atoms with Gasteiger partial charge in [0.15, 0.2) is 0 Å². The minimum Gasteiger partial charge on any atom is -0.347 e. The second-order valence-electron chi connectivity index (χ2n) is 4.76. The van der Waals surface area contributed by atoms with Crippen molar-refractivity contribution in [1.29, 1.82) is 0 Å². The molecule has 0 saturated heterocycles. The molecule has 0 radical (unpaired) electrons. The van der Waals surface area contributed by atoms with Gasteiger partial charge in [-0.2, -0.15) is 0 Å². The molecule has 2 heterocycles. The van der Waals surface area contributed by atoms with Crippen LogP contribution in [0.4, 0.5) is 0 Å². The van der Waals surface area contributed by atoms with Crippen molar-refractivity contribution >= 4 is 17.2 Å². The van der Waals surface area contributed by atoms with Crippen LogP contribution in [0.15, 0.2) is 24.8 Å². The predicted octanol–water partition coefficient (Wildman–Crippen LogP) is 1.38. The minimum atomic E-state index is -0.0727. The van der Waals surface area contributed by atoms with Crippen molar-refractivity contribution in [2.24, 2.45) is 5.73 Å². The first-order chi connectivity index (χ1) is 10.1. The summed E-state index contributed by atoms with van der Waals surface area (Å²) in [5, 5.41) is 2.98. The van der Waals surface area contributed by atoms with Crippen molar-refractivity contribution in [3.05, 3.63) is 40.1 Å². The number of amides is 1. The fourth-order valence-corrected chi connectivity index (χ4v) is 2.85. The number of hydrogen-bond donors (Lipinski definition) is 2. The van der Waals surface area contributed by atoms with Gasteiger partial charge in [0.05, 0.1) is 22.6 Å². The van der Waals surface area contributed by atoms with E-state index in [2.05, 4.69) is 22.1 Å². The van der Waals surface area contributed by atoms with Gasteiger partial charge >= 0.3 is 0 Å². The van der Waals surface area contributed by atoms with Gasteiger partial charge < -0.3 is 15.6 Å². The van der Waals surface area contributed by atoms with Crippen molar-refractivity contribution in [1.82, 2.24) is 14.9 Å². The molecule has 1 unspecified atom stereocenters. The molecule has 6 heteroatoms. The number of aryl methyl sites for hydroxylation is 1. The minimum absolute atomic E-state index is 0.0210. The molecule has 0 aliphatic carbocycles. The zero-order valence-corrected chi connectivity index (χ0v) is 12.9. The summed E-state index contributed by atoms with van der Waals surface area (Å²) in [5.41, 5.74) is 6.38. The summed E-state index contributed by atoms with van der Waals surface area (Å²) in [5.74, 6) is 5.73. The van der Waals surface area contributed by atoms with Crippen LogP contribution in [0, 0.1) is 18.8 Å². The van der Waals surface area contributed by atoms with Crippen LogP contribution >= 0.6 is 11.3 Å². The molecule has 0 saturated carbocycles. The Labute approximate surface area is 128 Å². The Morgan fingerprint density at radius 3 is 3.10 bits per heavy atom. The first-order valence-electron chi connectivity index (χ1n) is 6.66. The standard InChI is InChI=1S/C15H18N4OS/c1-11-8-14(21-13(11)4-3-5-16)15(20)18-12(2)9-19-7-6-17-10-19/h6-8,10,12H,5,9,16H2,1-2H3,(H,18,20). The molecule has 110 valence electrons. The van der Waals surface area contributed by atoms with Gasteiger partial charge in [0.1, 0.15) is 0 Å². The molecular formula is C15H18N4OS. The van der Waals surface area contributed by atoms with E-state index in [9.17, 15) is 4.79 Å². The number of hydrogen-bond acceptors (Lipinski definition) is 4. The van der Waals surface area contributed by atoms with Gasteiger partial charge in [0, 0.05) is 25.0 Å². The van der Waals surface area contributed by atoms with Gasteiger partial charge in [0.25, 0.3) is 5.91 Å². The molecule has 0 spiro atoms. The van der Waals surface area contributed by atoms with Crippen LogP contribution in [0.1, 0.15) is 27.0 Å². The smallest absolute Gasteiger partial charge is 0.261 e. The molecule has 0 aliphatic rings. The molecular weight excluding hydrogens is 284 g/mol. The third-order valence-corrected chi connectivity index (χ3v) is 4.02. The summed E-state index contributed by atoms with van der Waals surface area (Å²) in [6, 6.07) is 1.89. The molecule has 0 aliphatic heterocycles. The number of nitrogens with two attached hydrogens (primary N) is 1. The highest BCUT2D eigenvalue weighted by Crippen LogP contribution is 2.20. The molecule has 1 atom stereocenters. The average Bonchev–Trinajstić information content (AvgIpc) is 3.06. The van der Waals surface area contributed by atoms with E-state index in [0.29, 0.717) is 18.0 Å². The average molecular weight is 302 g/mol. The summed E-state index contributed by atoms with van der Waals surface area (Å²) in [6.45, 7) is 4.92. The maximum absolute atomic E-state index is 12.2. The zero-order chi connectivity index (χ0) is 15.2. The Balaban J connectivity index is 2.00. The summed E-state index contributed by atoms with van der Waals surface area (Å²) >= 11 is 1.40. The molecule has 5 nitrogen and oxygen atoms in total. The third kappa shape index (κ3) is 4.18. The third-order valence-electron chi connectivity index (χ3n) is 2.87. The topological polar surface area (TPSA) is 72.9 Å². The van der Waals surface area contributed by atoms with E-state index in [1.165, 1.54) is 11.3 Å². The van der Waals surface area contributed by atoms with Crippen LogP contribution in [-0.4, -0.2) is 28.0 Å². The van der Waals surface area contributed by atoms with Gasteiger partial charge in [-0.3, -0.25) is 4.79 Å². The molecule has 0 bridgehead atoms. The van der Waals surface area contributed by atoms with Crippen molar-refractivity contribution in [2.45, 2.75) is 26.4 Å². The Kier molecular flexibility index (Phi) is 5.14. The van der Waals surface area contributed by atoms with E-state index in [-0.39, 0.29) is 11.9 Å². The number of nitrogens with one attached hydrogen (secondary N) is 1. The molecule has 2 aromatic rings. The highest BCUT2D eigenvalue weighted by Gasteiger charge is 2.14. The maximum atomic E-state index is 12.2. The van der Waals surface area contributed by atoms with E-state index in [0.717, 1.165) is 10.4 Å². The summed E-state index contributed by atoms with van der Waals surface area (Å²) in [6.07, 6.45) is 5.33. The summed E-state index contributed by atoms with van der Waals surface area (Å²) in [4.78, 5) is 17.8. The van der Waals surface area contributed by atoms with Crippen LogP contribution in [0.5, 0.6) is 0 Å². The van der Waals surface area contributed by atoms with Crippen LogP contribution < -0.4 is 11.1 Å². The number of carbonyl (C=O) groups excluding carboxylic acids is 1. The largest absolute Gasteiger partial charge is 0.347 e. The second-order valence-corrected chi connectivity index (χ2v) is 5.81. The molecule has 3 N–H and O–H groups in total. The van der Waals surface area contributed by atoms with Gasteiger partial charge in [-0.15, -0.1) is 11.3 Å². The summed E-state index contributed by atoms with van der Waals surface area (Å²) in [7, 11) is 0. The van der Waals surface area contributed by atoms with Gasteiger partial charge in [0.2, 0.25) is 0 Å². The van der Waals surface area contributed by atoms with E-state index in [1.54, 1.807) is 12.5 Å². The maximum Gasteiger partial charge on any atom is 0.261 e. The lowest BCUT2D eigenvalue weighted by Crippen LogP contribution is -2.35. The lowest BCUT2D eigenvalue weighted by molar-refractivity contribution is 0.0941. The quantitative estimate of drug-likeness (QED) is 0.838. The first kappa shape index (κ1) is 15.3. The highest BCUT2D eigenvalue weighted by atomic mass is 32.1. The van der Waals surface area contributed by atoms with Crippen molar-refractivity contribution in [3.8, 4) is 11.8 Å². The highest BCUT2D eigenvalue weighted by molar-refractivity contribution is 7.14. The molecule has 21 heavy (non-hydrogen) atoms. The number of thiophene rings is 1. The number of nitrogens with zero attached hydrogens (tertiary/aromatic N) is 2. The number of imidazole rings is 1. The normalized spacial score (nSPS) is 11.6. The van der Waals surface area contributed by atoms with Crippen molar-refractivity contribution in [2.75, 3.05) is 6.54 Å². The molecule has 2 aromatic heterocycles. The Hall–Kier alpha value is -2.10.